The number of aromatic nitrogens is 1. The quantitative estimate of drug-likeness (QED) is 0.814. The highest BCUT2D eigenvalue weighted by Gasteiger charge is 2.25. The van der Waals surface area contributed by atoms with Crippen LogP contribution in [0.4, 0.5) is 0 Å². The van der Waals surface area contributed by atoms with Crippen LogP contribution in [0, 0.1) is 6.92 Å². The molecule has 2 aromatic rings. The van der Waals surface area contributed by atoms with E-state index < -0.39 is 0 Å². The van der Waals surface area contributed by atoms with Gasteiger partial charge in [-0.25, -0.2) is 0 Å². The lowest BCUT2D eigenvalue weighted by atomic mass is 9.92. The van der Waals surface area contributed by atoms with E-state index in [1.54, 1.807) is 0 Å². The van der Waals surface area contributed by atoms with E-state index in [4.69, 9.17) is 4.98 Å². The van der Waals surface area contributed by atoms with Gasteiger partial charge in [0, 0.05) is 24.7 Å². The Hall–Kier alpha value is -1.93. The van der Waals surface area contributed by atoms with E-state index in [9.17, 15) is 0 Å². The van der Waals surface area contributed by atoms with Crippen LogP contribution < -0.4 is 5.32 Å². The van der Waals surface area contributed by atoms with Gasteiger partial charge in [-0.05, 0) is 48.2 Å². The zero-order valence-corrected chi connectivity index (χ0v) is 15.7. The van der Waals surface area contributed by atoms with Crippen molar-refractivity contribution in [3.63, 3.8) is 0 Å². The molecule has 24 heavy (non-hydrogen) atoms. The SMILES string of the molecule is CCC.CCC1=C(CNC)Cc2ncc(C)c(-c3ccccc3)c21. The van der Waals surface area contributed by atoms with Crippen molar-refractivity contribution < 1.29 is 0 Å². The monoisotopic (exact) mass is 322 g/mol. The topological polar surface area (TPSA) is 24.9 Å². The lowest BCUT2D eigenvalue weighted by Gasteiger charge is -2.14. The second kappa shape index (κ2) is 8.79. The van der Waals surface area contributed by atoms with Crippen LogP contribution in [0.25, 0.3) is 16.7 Å². The van der Waals surface area contributed by atoms with Crippen molar-refractivity contribution in [2.45, 2.75) is 47.0 Å². The van der Waals surface area contributed by atoms with Crippen LogP contribution in [0.15, 0.2) is 42.1 Å². The number of aryl methyl sites for hydroxylation is 1. The lowest BCUT2D eigenvalue weighted by molar-refractivity contribution is 0.855. The summed E-state index contributed by atoms with van der Waals surface area (Å²) in [5.74, 6) is 0. The second-order valence-corrected chi connectivity index (χ2v) is 6.35. The molecular formula is C22H30N2. The van der Waals surface area contributed by atoms with Crippen LogP contribution in [0.1, 0.15) is 50.4 Å². The number of benzene rings is 1. The molecule has 0 saturated carbocycles. The Morgan fingerprint density at radius 1 is 1.04 bits per heavy atom. The molecule has 0 aliphatic heterocycles. The molecule has 2 heteroatoms. The van der Waals surface area contributed by atoms with Gasteiger partial charge >= 0.3 is 0 Å². The molecule has 1 N–H and O–H groups in total. The Kier molecular flexibility index (Phi) is 6.74. The Bertz CT molecular complexity index is 699. The third-order valence-electron chi connectivity index (χ3n) is 4.26. The molecule has 0 fully saturated rings. The predicted molar refractivity (Wildman–Crippen MR) is 105 cm³/mol. The van der Waals surface area contributed by atoms with Crippen molar-refractivity contribution in [2.24, 2.45) is 0 Å². The van der Waals surface area contributed by atoms with Gasteiger partial charge in [-0.15, -0.1) is 0 Å². The van der Waals surface area contributed by atoms with Gasteiger partial charge in [-0.3, -0.25) is 4.98 Å². The number of rotatable bonds is 4. The number of hydrogen-bond acceptors (Lipinski definition) is 2. The second-order valence-electron chi connectivity index (χ2n) is 6.35. The van der Waals surface area contributed by atoms with Gasteiger partial charge in [-0.2, -0.15) is 0 Å². The summed E-state index contributed by atoms with van der Waals surface area (Å²) in [5.41, 5.74) is 9.51. The third-order valence-corrected chi connectivity index (χ3v) is 4.26. The highest BCUT2D eigenvalue weighted by Crippen LogP contribution is 2.41. The predicted octanol–water partition coefficient (Wildman–Crippen LogP) is 5.41. The minimum Gasteiger partial charge on any atom is -0.316 e. The van der Waals surface area contributed by atoms with Crippen molar-refractivity contribution in [2.75, 3.05) is 13.6 Å². The Balaban J connectivity index is 0.000000647. The number of nitrogens with zero attached hydrogens (tertiary/aromatic N) is 1. The first-order chi connectivity index (χ1) is 11.7. The number of nitrogens with one attached hydrogen (secondary N) is 1. The fourth-order valence-corrected chi connectivity index (χ4v) is 3.38. The molecule has 3 rings (SSSR count). The first kappa shape index (κ1) is 18.4. The van der Waals surface area contributed by atoms with E-state index in [-0.39, 0.29) is 0 Å². The average molecular weight is 322 g/mol. The summed E-state index contributed by atoms with van der Waals surface area (Å²) < 4.78 is 0. The van der Waals surface area contributed by atoms with Gasteiger partial charge in [0.15, 0.2) is 0 Å². The maximum atomic E-state index is 4.71. The van der Waals surface area contributed by atoms with Crippen LogP contribution in [-0.2, 0) is 6.42 Å². The number of likely N-dealkylation sites (N-methyl/N-ethyl adjacent to an activating group) is 1. The van der Waals surface area contributed by atoms with Crippen molar-refractivity contribution in [3.05, 3.63) is 58.9 Å². The first-order valence-corrected chi connectivity index (χ1v) is 9.07. The zero-order chi connectivity index (χ0) is 17.5. The molecular weight excluding hydrogens is 292 g/mol. The molecule has 0 amide bonds. The van der Waals surface area contributed by atoms with Crippen LogP contribution in [-0.4, -0.2) is 18.6 Å². The van der Waals surface area contributed by atoms with Gasteiger partial charge < -0.3 is 5.32 Å². The summed E-state index contributed by atoms with van der Waals surface area (Å²) in [6.45, 7) is 9.61. The third kappa shape index (κ3) is 3.76. The van der Waals surface area contributed by atoms with E-state index in [1.807, 2.05) is 13.2 Å². The molecule has 1 aliphatic carbocycles. The number of pyridine rings is 1. The molecule has 0 saturated heterocycles. The standard InChI is InChI=1S/C19H22N2.C3H8/c1-4-16-15(12-20-3)10-17-19(16)18(13(2)11-21-17)14-8-6-5-7-9-14;1-3-2/h5-9,11,20H,4,10,12H2,1-3H3;3H2,1-2H3. The summed E-state index contributed by atoms with van der Waals surface area (Å²) in [4.78, 5) is 4.71. The van der Waals surface area contributed by atoms with Crippen molar-refractivity contribution in [3.8, 4) is 11.1 Å². The smallest absolute Gasteiger partial charge is 0.0526 e. The highest BCUT2D eigenvalue weighted by molar-refractivity contribution is 5.88. The summed E-state index contributed by atoms with van der Waals surface area (Å²) in [6.07, 6.45) is 5.32. The fourth-order valence-electron chi connectivity index (χ4n) is 3.38. The van der Waals surface area contributed by atoms with Crippen molar-refractivity contribution in [1.82, 2.24) is 10.3 Å². The minimum atomic E-state index is 0.951. The van der Waals surface area contributed by atoms with E-state index in [2.05, 4.69) is 63.3 Å². The van der Waals surface area contributed by atoms with E-state index in [0.29, 0.717) is 0 Å². The summed E-state index contributed by atoms with van der Waals surface area (Å²) in [5, 5.41) is 3.30. The van der Waals surface area contributed by atoms with Crippen molar-refractivity contribution in [1.29, 1.82) is 0 Å². The number of allylic oxidation sites excluding steroid dienone is 1. The van der Waals surface area contributed by atoms with Crippen LogP contribution in [0.2, 0.25) is 0 Å². The molecule has 0 spiro atoms. The molecule has 0 radical (unpaired) electrons. The Morgan fingerprint density at radius 3 is 2.29 bits per heavy atom. The Labute approximate surface area is 147 Å². The molecule has 2 nitrogen and oxygen atoms in total. The Morgan fingerprint density at radius 2 is 1.71 bits per heavy atom. The van der Waals surface area contributed by atoms with Gasteiger partial charge in [0.1, 0.15) is 0 Å². The van der Waals surface area contributed by atoms with Gasteiger partial charge in [-0.1, -0.05) is 57.5 Å². The maximum Gasteiger partial charge on any atom is 0.0526 e. The van der Waals surface area contributed by atoms with Crippen LogP contribution in [0.3, 0.4) is 0 Å². The van der Waals surface area contributed by atoms with Crippen molar-refractivity contribution >= 4 is 5.57 Å². The molecule has 0 unspecified atom stereocenters. The first-order valence-electron chi connectivity index (χ1n) is 9.07. The largest absolute Gasteiger partial charge is 0.316 e. The molecule has 1 aliphatic rings. The number of fused-ring (bicyclic) bond motifs is 1. The summed E-state index contributed by atoms with van der Waals surface area (Å²) in [6, 6.07) is 10.7. The highest BCUT2D eigenvalue weighted by atomic mass is 14.8. The molecule has 1 aromatic heterocycles. The molecule has 1 heterocycles. The summed E-state index contributed by atoms with van der Waals surface area (Å²) >= 11 is 0. The lowest BCUT2D eigenvalue weighted by Crippen LogP contribution is -2.11. The van der Waals surface area contributed by atoms with Crippen LogP contribution in [0.5, 0.6) is 0 Å². The maximum absolute atomic E-state index is 4.71. The molecule has 0 atom stereocenters. The summed E-state index contributed by atoms with van der Waals surface area (Å²) in [7, 11) is 2.01. The van der Waals surface area contributed by atoms with Gasteiger partial charge in [0.2, 0.25) is 0 Å². The minimum absolute atomic E-state index is 0.951. The molecule has 0 bridgehead atoms. The average Bonchev–Trinajstić information content (AvgIpc) is 2.94. The molecule has 1 aromatic carbocycles. The fraction of sp³-hybridized carbons (Fsp3) is 0.409. The normalized spacial score (nSPS) is 12.7. The van der Waals surface area contributed by atoms with Gasteiger partial charge in [0.05, 0.1) is 5.69 Å². The van der Waals surface area contributed by atoms with E-state index in [0.717, 1.165) is 19.4 Å². The van der Waals surface area contributed by atoms with Gasteiger partial charge in [0.25, 0.3) is 0 Å². The number of hydrogen-bond donors (Lipinski definition) is 1. The molecule has 128 valence electrons. The zero-order valence-electron chi connectivity index (χ0n) is 15.7. The van der Waals surface area contributed by atoms with Crippen LogP contribution >= 0.6 is 0 Å². The van der Waals surface area contributed by atoms with E-state index in [1.165, 1.54) is 45.5 Å². The van der Waals surface area contributed by atoms with E-state index >= 15 is 0 Å².